The fourth-order valence-corrected chi connectivity index (χ4v) is 4.97. The molecule has 19 heavy (non-hydrogen) atoms. The van der Waals surface area contributed by atoms with Crippen molar-refractivity contribution in [3.8, 4) is 0 Å². The van der Waals surface area contributed by atoms with Crippen molar-refractivity contribution in [3.63, 3.8) is 0 Å². The van der Waals surface area contributed by atoms with Crippen LogP contribution < -0.4 is 5.32 Å². The predicted octanol–water partition coefficient (Wildman–Crippen LogP) is 3.89. The number of hydrogen-bond acceptors (Lipinski definition) is 2. The molecular weight excluding hydrogens is 234 g/mol. The fraction of sp³-hybridized carbons (Fsp3) is 1.00. The van der Waals surface area contributed by atoms with E-state index < -0.39 is 0 Å². The zero-order chi connectivity index (χ0) is 13.1. The second-order valence-electron chi connectivity index (χ2n) is 7.17. The Morgan fingerprint density at radius 1 is 1.05 bits per heavy atom. The summed E-state index contributed by atoms with van der Waals surface area (Å²) < 4.78 is 6.21. The molecule has 3 unspecified atom stereocenters. The maximum absolute atomic E-state index is 6.21. The lowest BCUT2D eigenvalue weighted by molar-refractivity contribution is -0.105. The number of ether oxygens (including phenoxy) is 1. The molecule has 3 atom stereocenters. The third kappa shape index (κ3) is 3.16. The van der Waals surface area contributed by atoms with Gasteiger partial charge in [-0.2, -0.15) is 0 Å². The van der Waals surface area contributed by atoms with E-state index in [4.69, 9.17) is 4.74 Å². The maximum Gasteiger partial charge on any atom is 0.0685 e. The first-order chi connectivity index (χ1) is 9.31. The van der Waals surface area contributed by atoms with Crippen molar-refractivity contribution in [1.29, 1.82) is 0 Å². The van der Waals surface area contributed by atoms with Crippen LogP contribution in [-0.4, -0.2) is 24.8 Å². The van der Waals surface area contributed by atoms with Crippen molar-refractivity contribution in [3.05, 3.63) is 0 Å². The zero-order valence-electron chi connectivity index (χ0n) is 12.6. The molecule has 2 heteroatoms. The highest BCUT2D eigenvalue weighted by Gasteiger charge is 2.42. The van der Waals surface area contributed by atoms with Crippen molar-refractivity contribution in [1.82, 2.24) is 5.32 Å². The highest BCUT2D eigenvalue weighted by molar-refractivity contribution is 4.94. The largest absolute Gasteiger partial charge is 0.375 e. The van der Waals surface area contributed by atoms with E-state index in [1.54, 1.807) is 0 Å². The van der Waals surface area contributed by atoms with Crippen LogP contribution in [0.4, 0.5) is 0 Å². The first kappa shape index (κ1) is 13.9. The summed E-state index contributed by atoms with van der Waals surface area (Å²) >= 11 is 0. The molecular formula is C17H31NO. The Morgan fingerprint density at radius 2 is 1.89 bits per heavy atom. The Hall–Kier alpha value is -0.0800. The van der Waals surface area contributed by atoms with E-state index in [2.05, 4.69) is 12.2 Å². The van der Waals surface area contributed by atoms with Gasteiger partial charge in [-0.05, 0) is 56.9 Å². The second kappa shape index (κ2) is 6.13. The minimum Gasteiger partial charge on any atom is -0.375 e. The van der Waals surface area contributed by atoms with E-state index >= 15 is 0 Å². The van der Waals surface area contributed by atoms with Crippen LogP contribution in [0.2, 0.25) is 0 Å². The molecule has 1 spiro atoms. The lowest BCUT2D eigenvalue weighted by atomic mass is 9.71. The SMILES string of the molecule is CCNC1CCCC(C2CCOC3(CCCC3)C2)C1. The second-order valence-corrected chi connectivity index (χ2v) is 7.17. The molecule has 0 amide bonds. The fourth-order valence-electron chi connectivity index (χ4n) is 4.97. The Morgan fingerprint density at radius 3 is 2.68 bits per heavy atom. The van der Waals surface area contributed by atoms with Gasteiger partial charge >= 0.3 is 0 Å². The van der Waals surface area contributed by atoms with Gasteiger partial charge in [0.05, 0.1) is 5.60 Å². The maximum atomic E-state index is 6.21. The van der Waals surface area contributed by atoms with Gasteiger partial charge in [0.2, 0.25) is 0 Å². The summed E-state index contributed by atoms with van der Waals surface area (Å²) in [5.74, 6) is 1.92. The minimum absolute atomic E-state index is 0.314. The van der Waals surface area contributed by atoms with E-state index in [9.17, 15) is 0 Å². The lowest BCUT2D eigenvalue weighted by Crippen LogP contribution is -2.42. The highest BCUT2D eigenvalue weighted by Crippen LogP contribution is 2.46. The molecule has 3 rings (SSSR count). The molecule has 2 saturated carbocycles. The van der Waals surface area contributed by atoms with Gasteiger partial charge in [0.25, 0.3) is 0 Å². The molecule has 110 valence electrons. The predicted molar refractivity (Wildman–Crippen MR) is 79.3 cm³/mol. The molecule has 2 aliphatic carbocycles. The topological polar surface area (TPSA) is 21.3 Å². The van der Waals surface area contributed by atoms with Gasteiger partial charge in [-0.15, -0.1) is 0 Å². The van der Waals surface area contributed by atoms with Gasteiger partial charge in [-0.1, -0.05) is 32.6 Å². The van der Waals surface area contributed by atoms with Crippen LogP contribution in [0.3, 0.4) is 0 Å². The van der Waals surface area contributed by atoms with Gasteiger partial charge in [0.1, 0.15) is 0 Å². The van der Waals surface area contributed by atoms with Crippen molar-refractivity contribution in [2.24, 2.45) is 11.8 Å². The van der Waals surface area contributed by atoms with Gasteiger partial charge in [0, 0.05) is 12.6 Å². The average Bonchev–Trinajstić information content (AvgIpc) is 2.87. The average molecular weight is 265 g/mol. The molecule has 1 aliphatic heterocycles. The van der Waals surface area contributed by atoms with Crippen LogP contribution in [0.1, 0.15) is 71.1 Å². The van der Waals surface area contributed by atoms with E-state index in [0.717, 1.165) is 31.0 Å². The Balaban J connectivity index is 1.58. The molecule has 0 aromatic carbocycles. The molecule has 0 aromatic rings. The number of hydrogen-bond donors (Lipinski definition) is 1. The third-order valence-corrected chi connectivity index (χ3v) is 5.92. The van der Waals surface area contributed by atoms with Crippen LogP contribution >= 0.6 is 0 Å². The van der Waals surface area contributed by atoms with Crippen LogP contribution in [0, 0.1) is 11.8 Å². The summed E-state index contributed by atoms with van der Waals surface area (Å²) in [5, 5.41) is 3.68. The Bertz CT molecular complexity index is 283. The molecule has 1 heterocycles. The zero-order valence-corrected chi connectivity index (χ0v) is 12.6. The van der Waals surface area contributed by atoms with Crippen LogP contribution in [0.5, 0.6) is 0 Å². The molecule has 2 nitrogen and oxygen atoms in total. The molecule has 0 bridgehead atoms. The van der Waals surface area contributed by atoms with Crippen LogP contribution in [0.15, 0.2) is 0 Å². The van der Waals surface area contributed by atoms with Gasteiger partial charge in [-0.3, -0.25) is 0 Å². The number of nitrogens with one attached hydrogen (secondary N) is 1. The standard InChI is InChI=1S/C17H31NO/c1-2-18-16-7-5-6-14(12-16)15-8-11-19-17(13-15)9-3-4-10-17/h14-16,18H,2-13H2,1H3. The monoisotopic (exact) mass is 265 g/mol. The quantitative estimate of drug-likeness (QED) is 0.836. The summed E-state index contributed by atoms with van der Waals surface area (Å²) in [7, 11) is 0. The number of rotatable bonds is 3. The van der Waals surface area contributed by atoms with E-state index in [-0.39, 0.29) is 0 Å². The summed E-state index contributed by atoms with van der Waals surface area (Å²) in [6.45, 7) is 4.41. The first-order valence-electron chi connectivity index (χ1n) is 8.69. The smallest absolute Gasteiger partial charge is 0.0685 e. The van der Waals surface area contributed by atoms with Crippen molar-refractivity contribution in [2.75, 3.05) is 13.2 Å². The summed E-state index contributed by atoms with van der Waals surface area (Å²) in [4.78, 5) is 0. The van der Waals surface area contributed by atoms with Crippen molar-refractivity contribution >= 4 is 0 Å². The molecule has 0 aromatic heterocycles. The molecule has 3 fully saturated rings. The molecule has 0 radical (unpaired) electrons. The van der Waals surface area contributed by atoms with Crippen LogP contribution in [0.25, 0.3) is 0 Å². The Kier molecular flexibility index (Phi) is 4.48. The van der Waals surface area contributed by atoms with Gasteiger partial charge in [0.15, 0.2) is 0 Å². The van der Waals surface area contributed by atoms with Gasteiger partial charge < -0.3 is 10.1 Å². The molecule has 1 saturated heterocycles. The van der Waals surface area contributed by atoms with Crippen LogP contribution in [-0.2, 0) is 4.74 Å². The lowest BCUT2D eigenvalue weighted by Gasteiger charge is -2.43. The van der Waals surface area contributed by atoms with E-state index in [1.165, 1.54) is 64.2 Å². The summed E-state index contributed by atoms with van der Waals surface area (Å²) in [5.41, 5.74) is 0.314. The summed E-state index contributed by atoms with van der Waals surface area (Å²) in [6.07, 6.45) is 13.9. The van der Waals surface area contributed by atoms with Gasteiger partial charge in [-0.25, -0.2) is 0 Å². The molecule has 3 aliphatic rings. The van der Waals surface area contributed by atoms with Crippen molar-refractivity contribution < 1.29 is 4.74 Å². The highest BCUT2D eigenvalue weighted by atomic mass is 16.5. The Labute approximate surface area is 118 Å². The molecule has 1 N–H and O–H groups in total. The first-order valence-corrected chi connectivity index (χ1v) is 8.69. The van der Waals surface area contributed by atoms with E-state index in [0.29, 0.717) is 5.60 Å². The third-order valence-electron chi connectivity index (χ3n) is 5.92. The normalized spacial score (nSPS) is 38.7. The summed E-state index contributed by atoms with van der Waals surface area (Å²) in [6, 6.07) is 0.797. The van der Waals surface area contributed by atoms with Crippen molar-refractivity contribution in [2.45, 2.75) is 82.8 Å². The van der Waals surface area contributed by atoms with E-state index in [1.807, 2.05) is 0 Å². The minimum atomic E-state index is 0.314.